The molecular formula is C21H36O. The molecule has 1 fully saturated rings. The maximum Gasteiger partial charge on any atom is 0.120 e. The first-order chi connectivity index (χ1) is 10.4. The van der Waals surface area contributed by atoms with Gasteiger partial charge in [0.05, 0.1) is 0 Å². The minimum atomic E-state index is 0.0208. The van der Waals surface area contributed by atoms with Gasteiger partial charge < -0.3 is 4.79 Å². The molecular weight excluding hydrogens is 268 g/mol. The van der Waals surface area contributed by atoms with E-state index >= 15 is 0 Å². The molecule has 1 heteroatoms. The van der Waals surface area contributed by atoms with E-state index in [-0.39, 0.29) is 5.41 Å². The zero-order chi connectivity index (χ0) is 16.6. The van der Waals surface area contributed by atoms with Gasteiger partial charge in [0.25, 0.3) is 0 Å². The van der Waals surface area contributed by atoms with Crippen molar-refractivity contribution in [1.29, 1.82) is 0 Å². The minimum absolute atomic E-state index is 0.0208. The van der Waals surface area contributed by atoms with Crippen molar-refractivity contribution >= 4 is 6.29 Å². The van der Waals surface area contributed by atoms with E-state index < -0.39 is 0 Å². The third kappa shape index (κ3) is 6.10. The van der Waals surface area contributed by atoms with E-state index in [1.165, 1.54) is 19.3 Å². The molecule has 0 aromatic heterocycles. The number of aldehydes is 1. The minimum Gasteiger partial charge on any atom is -0.303 e. The van der Waals surface area contributed by atoms with E-state index in [0.29, 0.717) is 12.3 Å². The van der Waals surface area contributed by atoms with Gasteiger partial charge in [0.15, 0.2) is 0 Å². The Kier molecular flexibility index (Phi) is 8.14. The molecule has 0 aliphatic heterocycles. The monoisotopic (exact) mass is 304 g/mol. The Bertz CT molecular complexity index is 368. The predicted molar refractivity (Wildman–Crippen MR) is 96.8 cm³/mol. The quantitative estimate of drug-likeness (QED) is 0.281. The van der Waals surface area contributed by atoms with Crippen molar-refractivity contribution in [3.63, 3.8) is 0 Å². The number of carbonyl (C=O) groups is 1. The van der Waals surface area contributed by atoms with Gasteiger partial charge in [-0.3, -0.25) is 0 Å². The smallest absolute Gasteiger partial charge is 0.120 e. The molecule has 1 rings (SSSR count). The summed E-state index contributed by atoms with van der Waals surface area (Å²) in [4.78, 5) is 11.1. The summed E-state index contributed by atoms with van der Waals surface area (Å²) in [6.45, 7) is 13.1. The SMILES string of the molecule is C=CCCC[C@](C)(/C=C/[C@@H]1C[C@H](C)CC[C@H]1C(C)C)CC=O. The highest BCUT2D eigenvalue weighted by atomic mass is 16.1. The number of hydrogen-bond donors (Lipinski definition) is 0. The normalized spacial score (nSPS) is 28.7. The van der Waals surface area contributed by atoms with Crippen molar-refractivity contribution in [2.24, 2.45) is 29.1 Å². The lowest BCUT2D eigenvalue weighted by Gasteiger charge is -2.36. The van der Waals surface area contributed by atoms with E-state index in [4.69, 9.17) is 0 Å². The van der Waals surface area contributed by atoms with Crippen LogP contribution in [-0.2, 0) is 4.79 Å². The van der Waals surface area contributed by atoms with Crippen LogP contribution in [-0.4, -0.2) is 6.29 Å². The van der Waals surface area contributed by atoms with E-state index in [1.807, 2.05) is 6.08 Å². The molecule has 1 aliphatic carbocycles. The number of unbranched alkanes of at least 4 members (excludes halogenated alkanes) is 1. The first-order valence-corrected chi connectivity index (χ1v) is 9.15. The Morgan fingerprint density at radius 1 is 1.32 bits per heavy atom. The molecule has 22 heavy (non-hydrogen) atoms. The summed E-state index contributed by atoms with van der Waals surface area (Å²) >= 11 is 0. The van der Waals surface area contributed by atoms with Crippen LogP contribution in [0.15, 0.2) is 24.8 Å². The van der Waals surface area contributed by atoms with Crippen molar-refractivity contribution in [3.05, 3.63) is 24.8 Å². The van der Waals surface area contributed by atoms with Gasteiger partial charge in [0.2, 0.25) is 0 Å². The number of allylic oxidation sites excluding steroid dienone is 3. The predicted octanol–water partition coefficient (Wildman–Crippen LogP) is 6.20. The van der Waals surface area contributed by atoms with Crippen LogP contribution in [0.1, 0.15) is 72.6 Å². The lowest BCUT2D eigenvalue weighted by atomic mass is 9.69. The summed E-state index contributed by atoms with van der Waals surface area (Å²) in [5.74, 6) is 3.08. The maximum absolute atomic E-state index is 11.1. The van der Waals surface area contributed by atoms with Crippen molar-refractivity contribution < 1.29 is 4.79 Å². The second kappa shape index (κ2) is 9.33. The molecule has 0 aromatic rings. The second-order valence-corrected chi connectivity index (χ2v) is 8.05. The third-order valence-corrected chi connectivity index (χ3v) is 5.53. The molecule has 0 unspecified atom stereocenters. The van der Waals surface area contributed by atoms with Crippen LogP contribution >= 0.6 is 0 Å². The van der Waals surface area contributed by atoms with E-state index in [1.54, 1.807) is 0 Å². The Hall–Kier alpha value is -0.850. The fourth-order valence-electron chi connectivity index (χ4n) is 3.95. The summed E-state index contributed by atoms with van der Waals surface area (Å²) in [7, 11) is 0. The Morgan fingerprint density at radius 3 is 2.64 bits per heavy atom. The highest BCUT2D eigenvalue weighted by Crippen LogP contribution is 2.40. The lowest BCUT2D eigenvalue weighted by Crippen LogP contribution is -2.27. The molecule has 0 amide bonds. The molecule has 1 aliphatic rings. The van der Waals surface area contributed by atoms with Gasteiger partial charge in [-0.25, -0.2) is 0 Å². The largest absolute Gasteiger partial charge is 0.303 e. The van der Waals surface area contributed by atoms with Gasteiger partial charge in [0.1, 0.15) is 6.29 Å². The lowest BCUT2D eigenvalue weighted by molar-refractivity contribution is -0.109. The maximum atomic E-state index is 11.1. The van der Waals surface area contributed by atoms with Crippen LogP contribution in [0.2, 0.25) is 0 Å². The molecule has 1 saturated carbocycles. The first kappa shape index (κ1) is 19.2. The van der Waals surface area contributed by atoms with Gasteiger partial charge in [-0.1, -0.05) is 52.3 Å². The fourth-order valence-corrected chi connectivity index (χ4v) is 3.95. The molecule has 4 atom stereocenters. The van der Waals surface area contributed by atoms with Crippen LogP contribution < -0.4 is 0 Å². The molecule has 0 bridgehead atoms. The van der Waals surface area contributed by atoms with Crippen molar-refractivity contribution in [3.8, 4) is 0 Å². The van der Waals surface area contributed by atoms with Crippen LogP contribution in [0.25, 0.3) is 0 Å². The Balaban J connectivity index is 2.77. The topological polar surface area (TPSA) is 17.1 Å². The van der Waals surface area contributed by atoms with Gasteiger partial charge >= 0.3 is 0 Å². The third-order valence-electron chi connectivity index (χ3n) is 5.53. The summed E-state index contributed by atoms with van der Waals surface area (Å²) in [5, 5.41) is 0. The standard InChI is InChI=1S/C21H36O/c1-6-7-8-12-21(5,14-15-22)13-11-19-16-18(4)9-10-20(19)17(2)3/h6,11,13,15,17-20H,1,7-10,12,14,16H2,2-5H3/b13-11+/t18-,19-,20+,21-/m1/s1. The molecule has 0 N–H and O–H groups in total. The van der Waals surface area contributed by atoms with E-state index in [0.717, 1.165) is 43.3 Å². The number of carbonyl (C=O) groups excluding carboxylic acids is 1. The zero-order valence-electron chi connectivity index (χ0n) is 15.2. The molecule has 0 saturated heterocycles. The van der Waals surface area contributed by atoms with Crippen LogP contribution in [0.3, 0.4) is 0 Å². The average molecular weight is 305 g/mol. The van der Waals surface area contributed by atoms with Crippen LogP contribution in [0.4, 0.5) is 0 Å². The van der Waals surface area contributed by atoms with Gasteiger partial charge in [-0.15, -0.1) is 6.58 Å². The van der Waals surface area contributed by atoms with Gasteiger partial charge in [0, 0.05) is 6.42 Å². The van der Waals surface area contributed by atoms with Crippen molar-refractivity contribution in [2.45, 2.75) is 72.6 Å². The molecule has 0 heterocycles. The number of hydrogen-bond acceptors (Lipinski definition) is 1. The number of rotatable bonds is 9. The van der Waals surface area contributed by atoms with E-state index in [9.17, 15) is 4.79 Å². The summed E-state index contributed by atoms with van der Waals surface area (Å²) in [6.07, 6.45) is 15.8. The van der Waals surface area contributed by atoms with Crippen molar-refractivity contribution in [2.75, 3.05) is 0 Å². The zero-order valence-corrected chi connectivity index (χ0v) is 15.2. The highest BCUT2D eigenvalue weighted by molar-refractivity contribution is 5.51. The summed E-state index contributed by atoms with van der Waals surface area (Å²) in [5.41, 5.74) is 0.0208. The first-order valence-electron chi connectivity index (χ1n) is 9.15. The highest BCUT2D eigenvalue weighted by Gasteiger charge is 2.30. The molecule has 0 radical (unpaired) electrons. The van der Waals surface area contributed by atoms with Crippen LogP contribution in [0, 0.1) is 29.1 Å². The van der Waals surface area contributed by atoms with Gasteiger partial charge in [-0.2, -0.15) is 0 Å². The fraction of sp³-hybridized carbons (Fsp3) is 0.762. The van der Waals surface area contributed by atoms with E-state index in [2.05, 4.69) is 46.4 Å². The average Bonchev–Trinajstić information content (AvgIpc) is 2.45. The Morgan fingerprint density at radius 2 is 2.05 bits per heavy atom. The Labute approximate surface area is 138 Å². The second-order valence-electron chi connectivity index (χ2n) is 8.05. The van der Waals surface area contributed by atoms with Crippen LogP contribution in [0.5, 0.6) is 0 Å². The molecule has 1 nitrogen and oxygen atoms in total. The molecule has 0 aromatic carbocycles. The summed E-state index contributed by atoms with van der Waals surface area (Å²) in [6, 6.07) is 0. The van der Waals surface area contributed by atoms with Gasteiger partial charge in [-0.05, 0) is 61.2 Å². The summed E-state index contributed by atoms with van der Waals surface area (Å²) < 4.78 is 0. The molecule has 126 valence electrons. The molecule has 0 spiro atoms. The van der Waals surface area contributed by atoms with Crippen molar-refractivity contribution in [1.82, 2.24) is 0 Å².